The van der Waals surface area contributed by atoms with Crippen molar-refractivity contribution in [1.29, 1.82) is 0 Å². The Hall–Kier alpha value is -1.35. The van der Waals surface area contributed by atoms with Gasteiger partial charge < -0.3 is 23.7 Å². The molecule has 8 heteroatoms. The highest BCUT2D eigenvalue weighted by molar-refractivity contribution is 8.09. The number of hydrogen-bond donors (Lipinski definition) is 0. The first kappa shape index (κ1) is 21.4. The second kappa shape index (κ2) is 9.43. The molecule has 0 unspecified atom stereocenters. The highest BCUT2D eigenvalue weighted by atomic mass is 32.2. The average Bonchev–Trinajstić information content (AvgIpc) is 3.04. The Morgan fingerprint density at radius 2 is 1.96 bits per heavy atom. The van der Waals surface area contributed by atoms with E-state index in [-0.39, 0.29) is 12.1 Å². The average molecular weight is 427 g/mol. The van der Waals surface area contributed by atoms with Gasteiger partial charge in [-0.25, -0.2) is 0 Å². The van der Waals surface area contributed by atoms with Gasteiger partial charge in [0.1, 0.15) is 18.5 Å². The first-order valence-corrected chi connectivity index (χ1v) is 11.1. The van der Waals surface area contributed by atoms with E-state index in [1.807, 2.05) is 38.1 Å². The van der Waals surface area contributed by atoms with E-state index in [4.69, 9.17) is 23.7 Å². The molecule has 0 radical (unpaired) electrons. The van der Waals surface area contributed by atoms with E-state index in [2.05, 4.69) is 0 Å². The van der Waals surface area contributed by atoms with Crippen LogP contribution < -0.4 is 4.74 Å². The van der Waals surface area contributed by atoms with E-state index < -0.39 is 11.9 Å². The van der Waals surface area contributed by atoms with Gasteiger partial charge in [-0.15, -0.1) is 11.8 Å². The van der Waals surface area contributed by atoms with Crippen LogP contribution in [0.3, 0.4) is 0 Å². The van der Waals surface area contributed by atoms with Crippen LogP contribution in [-0.2, 0) is 30.3 Å². The van der Waals surface area contributed by atoms with Gasteiger partial charge in [-0.2, -0.15) is 0 Å². The van der Waals surface area contributed by atoms with Crippen molar-refractivity contribution in [3.05, 3.63) is 39.8 Å². The Kier molecular flexibility index (Phi) is 7.20. The number of hydrogen-bond acceptors (Lipinski definition) is 8. The normalized spacial score (nSPS) is 22.6. The topological polar surface area (TPSA) is 63.2 Å². The summed E-state index contributed by atoms with van der Waals surface area (Å²) in [5.74, 6) is 1.62. The molecule has 154 valence electrons. The van der Waals surface area contributed by atoms with Crippen LogP contribution in [0.1, 0.15) is 26.3 Å². The highest BCUT2D eigenvalue weighted by Crippen LogP contribution is 2.41. The fourth-order valence-corrected chi connectivity index (χ4v) is 5.31. The van der Waals surface area contributed by atoms with Crippen molar-refractivity contribution in [3.8, 4) is 5.75 Å². The van der Waals surface area contributed by atoms with Crippen LogP contribution in [0.2, 0.25) is 0 Å². The van der Waals surface area contributed by atoms with Gasteiger partial charge in [0.05, 0.1) is 18.6 Å². The first-order valence-electron chi connectivity index (χ1n) is 9.12. The molecule has 0 aliphatic carbocycles. The number of rotatable bonds is 7. The molecule has 6 nitrogen and oxygen atoms in total. The van der Waals surface area contributed by atoms with Crippen molar-refractivity contribution in [2.24, 2.45) is 0 Å². The van der Waals surface area contributed by atoms with Crippen LogP contribution in [-0.4, -0.2) is 49.2 Å². The molecule has 0 N–H and O–H groups in total. The van der Waals surface area contributed by atoms with E-state index in [1.165, 1.54) is 6.92 Å². The summed E-state index contributed by atoms with van der Waals surface area (Å²) < 4.78 is 28.6. The predicted molar refractivity (Wildman–Crippen MR) is 110 cm³/mol. The number of benzene rings is 1. The number of methoxy groups -OCH3 is 1. The van der Waals surface area contributed by atoms with Gasteiger partial charge in [0.15, 0.2) is 17.0 Å². The fourth-order valence-electron chi connectivity index (χ4n) is 2.94. The SMILES string of the molecule is COc1ccc(COC2=C([C@@H](OC(C)=O)[C@@H]3COC(C)(C)O3)SCCS2)cc1. The molecule has 0 aromatic heterocycles. The number of thioether (sulfide) groups is 2. The number of ether oxygens (including phenoxy) is 5. The van der Waals surface area contributed by atoms with Crippen LogP contribution in [0.5, 0.6) is 5.75 Å². The zero-order valence-corrected chi connectivity index (χ0v) is 18.2. The third-order valence-electron chi connectivity index (χ3n) is 4.22. The Labute approximate surface area is 174 Å². The summed E-state index contributed by atoms with van der Waals surface area (Å²) in [7, 11) is 1.64. The highest BCUT2D eigenvalue weighted by Gasteiger charge is 2.42. The minimum Gasteiger partial charge on any atom is -0.497 e. The lowest BCUT2D eigenvalue weighted by Gasteiger charge is -2.29. The predicted octanol–water partition coefficient (Wildman–Crippen LogP) is 3.94. The van der Waals surface area contributed by atoms with Crippen LogP contribution >= 0.6 is 23.5 Å². The molecule has 2 aliphatic rings. The maximum absolute atomic E-state index is 11.8. The molecule has 1 aromatic carbocycles. The second-order valence-electron chi connectivity index (χ2n) is 6.88. The van der Waals surface area contributed by atoms with Crippen molar-refractivity contribution >= 4 is 29.5 Å². The minimum atomic E-state index is -0.694. The van der Waals surface area contributed by atoms with Gasteiger partial charge >= 0.3 is 5.97 Å². The lowest BCUT2D eigenvalue weighted by atomic mass is 10.2. The van der Waals surface area contributed by atoms with Crippen molar-refractivity contribution in [3.63, 3.8) is 0 Å². The van der Waals surface area contributed by atoms with Gasteiger partial charge in [-0.05, 0) is 31.5 Å². The van der Waals surface area contributed by atoms with E-state index >= 15 is 0 Å². The number of esters is 1. The Bertz CT molecular complexity index is 716. The zero-order valence-electron chi connectivity index (χ0n) is 16.6. The third-order valence-corrected chi connectivity index (χ3v) is 6.76. The first-order chi connectivity index (χ1) is 13.4. The van der Waals surface area contributed by atoms with E-state index in [9.17, 15) is 4.79 Å². The maximum Gasteiger partial charge on any atom is 0.303 e. The van der Waals surface area contributed by atoms with E-state index in [0.717, 1.165) is 32.8 Å². The van der Waals surface area contributed by atoms with Gasteiger partial charge in [-0.1, -0.05) is 23.9 Å². The summed E-state index contributed by atoms with van der Waals surface area (Å²) in [5, 5.41) is 0.784. The Morgan fingerprint density at radius 3 is 2.57 bits per heavy atom. The van der Waals surface area contributed by atoms with Crippen LogP contribution in [0.4, 0.5) is 0 Å². The summed E-state index contributed by atoms with van der Waals surface area (Å²) >= 11 is 3.29. The summed E-state index contributed by atoms with van der Waals surface area (Å²) in [6.45, 7) is 5.92. The third kappa shape index (κ3) is 5.59. The molecule has 1 saturated heterocycles. The van der Waals surface area contributed by atoms with Crippen LogP contribution in [0.15, 0.2) is 34.3 Å². The summed E-state index contributed by atoms with van der Waals surface area (Å²) in [6, 6.07) is 7.76. The second-order valence-corrected chi connectivity index (χ2v) is 9.09. The standard InChI is InChI=1S/C20H26O6S2/c1-13(21)25-17(16-12-24-20(2,3)26-16)18-19(28-10-9-27-18)23-11-14-5-7-15(22-4)8-6-14/h5-8,16-17H,9-12H2,1-4H3/t16-,17-/m0/s1. The molecular formula is C20H26O6S2. The molecule has 1 fully saturated rings. The van der Waals surface area contributed by atoms with Gasteiger partial charge in [0.25, 0.3) is 0 Å². The molecule has 0 bridgehead atoms. The quantitative estimate of drug-likeness (QED) is 0.608. The zero-order chi connectivity index (χ0) is 20.1. The molecule has 2 aliphatic heterocycles. The monoisotopic (exact) mass is 426 g/mol. The lowest BCUT2D eigenvalue weighted by molar-refractivity contribution is -0.164. The van der Waals surface area contributed by atoms with Gasteiger partial charge in [0, 0.05) is 18.4 Å². The van der Waals surface area contributed by atoms with Crippen molar-refractivity contribution in [2.45, 2.75) is 45.4 Å². The molecule has 0 amide bonds. The number of carbonyl (C=O) groups is 1. The van der Waals surface area contributed by atoms with Gasteiger partial charge in [-0.3, -0.25) is 4.79 Å². The summed E-state index contributed by atoms with van der Waals surface area (Å²) in [5.41, 5.74) is 1.04. The van der Waals surface area contributed by atoms with Gasteiger partial charge in [0.2, 0.25) is 0 Å². The smallest absolute Gasteiger partial charge is 0.303 e. The number of carbonyl (C=O) groups excluding carboxylic acids is 1. The fraction of sp³-hybridized carbons (Fsp3) is 0.550. The molecule has 3 rings (SSSR count). The molecule has 0 saturated carbocycles. The van der Waals surface area contributed by atoms with Crippen molar-refractivity contribution in [2.75, 3.05) is 25.2 Å². The molecular weight excluding hydrogens is 400 g/mol. The van der Waals surface area contributed by atoms with E-state index in [1.54, 1.807) is 30.6 Å². The molecule has 2 heterocycles. The van der Waals surface area contributed by atoms with Crippen LogP contribution in [0, 0.1) is 0 Å². The minimum absolute atomic E-state index is 0.350. The summed E-state index contributed by atoms with van der Waals surface area (Å²) in [6.07, 6.45) is -0.900. The maximum atomic E-state index is 11.8. The Morgan fingerprint density at radius 1 is 1.25 bits per heavy atom. The molecule has 0 spiro atoms. The summed E-state index contributed by atoms with van der Waals surface area (Å²) in [4.78, 5) is 12.6. The van der Waals surface area contributed by atoms with Crippen LogP contribution in [0.25, 0.3) is 0 Å². The molecule has 2 atom stereocenters. The van der Waals surface area contributed by atoms with Crippen molar-refractivity contribution < 1.29 is 28.5 Å². The molecule has 1 aromatic rings. The lowest BCUT2D eigenvalue weighted by Crippen LogP contribution is -2.36. The van der Waals surface area contributed by atoms with E-state index in [0.29, 0.717) is 13.2 Å². The Balaban J connectivity index is 1.78. The van der Waals surface area contributed by atoms with Crippen molar-refractivity contribution in [1.82, 2.24) is 0 Å². The molecule has 28 heavy (non-hydrogen) atoms. The largest absolute Gasteiger partial charge is 0.497 e.